The van der Waals surface area contributed by atoms with E-state index < -0.39 is 35.4 Å². The number of anilines is 1. The first-order valence-corrected chi connectivity index (χ1v) is 25.1. The average Bonchev–Trinajstić information content (AvgIpc) is 3.97. The van der Waals surface area contributed by atoms with Crippen molar-refractivity contribution in [2.24, 2.45) is 5.41 Å². The zero-order valence-corrected chi connectivity index (χ0v) is 41.3. The molecule has 1 aromatic heterocycles. The highest BCUT2D eigenvalue weighted by atomic mass is 32.1. The first-order valence-electron chi connectivity index (χ1n) is 24.2. The van der Waals surface area contributed by atoms with Crippen LogP contribution in [-0.4, -0.2) is 138 Å². The highest BCUT2D eigenvalue weighted by molar-refractivity contribution is 7.13. The molecule has 15 heteroatoms. The van der Waals surface area contributed by atoms with Crippen LogP contribution in [0.2, 0.25) is 0 Å². The van der Waals surface area contributed by atoms with Crippen LogP contribution in [0.15, 0.2) is 103 Å². The molecule has 0 radical (unpaired) electrons. The molecule has 3 aliphatic heterocycles. The number of thiazole rings is 1. The third-order valence-corrected chi connectivity index (χ3v) is 14.6. The number of piperazine rings is 1. The number of carbonyl (C=O) groups excluding carboxylic acids is 3. The van der Waals surface area contributed by atoms with E-state index in [2.05, 4.69) is 78.8 Å². The molecule has 2 fully saturated rings. The fourth-order valence-electron chi connectivity index (χ4n) is 9.72. The Morgan fingerprint density at radius 1 is 0.870 bits per heavy atom. The molecule has 0 saturated carbocycles. The summed E-state index contributed by atoms with van der Waals surface area (Å²) in [6.07, 6.45) is 0.114. The molecule has 0 bridgehead atoms. The van der Waals surface area contributed by atoms with Gasteiger partial charge in [-0.3, -0.25) is 24.2 Å². The minimum absolute atomic E-state index is 0.000957. The molecule has 0 aliphatic carbocycles. The molecule has 2 saturated heterocycles. The van der Waals surface area contributed by atoms with Gasteiger partial charge in [0.1, 0.15) is 36.8 Å². The number of aliphatic hydroxyl groups excluding tert-OH is 1. The lowest BCUT2D eigenvalue weighted by Crippen LogP contribution is -2.58. The number of hydrogen-bond acceptors (Lipinski definition) is 12. The molecule has 5 aromatic rings. The number of ether oxygens (including phenoxy) is 2. The Balaban J connectivity index is 0.748. The fraction of sp³-hybridized carbons (Fsp3) is 0.444. The molecule has 69 heavy (non-hydrogen) atoms. The number of para-hydroxylation sites is 1. The number of aliphatic hydroxyl groups is 1. The second kappa shape index (κ2) is 22.3. The number of β-amino-alcohol motifs (C(OH)–C–C–N with tert-alkyl or cyclic N) is 1. The molecule has 4 aromatic carbocycles. The van der Waals surface area contributed by atoms with Crippen LogP contribution < -0.4 is 20.3 Å². The molecule has 3 aliphatic rings. The van der Waals surface area contributed by atoms with Gasteiger partial charge in [0.05, 0.1) is 40.9 Å². The Morgan fingerprint density at radius 2 is 1.57 bits per heavy atom. The van der Waals surface area contributed by atoms with Crippen molar-refractivity contribution in [2.45, 2.75) is 77.7 Å². The topological polar surface area (TPSA) is 160 Å². The molecule has 0 spiro atoms. The SMILES string of the molecule is Cc1ncsc1-c1ccc([C@H](C)NC(=O)C2CC(O)CN2C(=O)[C@@H](NC(=O)COCCN2CCN(CCOc3ccc(C4c5ccc(O)cc5CCN4c4ccccc4)cc3)CC2)C(C)(C)C)cc1. The number of rotatable bonds is 17. The first-order chi connectivity index (χ1) is 33.2. The zero-order valence-electron chi connectivity index (χ0n) is 40.5. The van der Waals surface area contributed by atoms with Gasteiger partial charge in [-0.05, 0) is 89.9 Å². The number of amides is 3. The van der Waals surface area contributed by atoms with E-state index >= 15 is 0 Å². The van der Waals surface area contributed by atoms with Crippen molar-refractivity contribution in [1.82, 2.24) is 30.3 Å². The van der Waals surface area contributed by atoms with E-state index in [-0.39, 0.29) is 37.6 Å². The predicted molar refractivity (Wildman–Crippen MR) is 269 cm³/mol. The maximum absolute atomic E-state index is 14.1. The van der Waals surface area contributed by atoms with E-state index in [1.165, 1.54) is 27.3 Å². The van der Waals surface area contributed by atoms with Crippen molar-refractivity contribution < 1.29 is 34.1 Å². The van der Waals surface area contributed by atoms with Gasteiger partial charge in [0, 0.05) is 64.5 Å². The van der Waals surface area contributed by atoms with Crippen molar-refractivity contribution in [3.8, 4) is 21.9 Å². The summed E-state index contributed by atoms with van der Waals surface area (Å²) in [7, 11) is 0. The minimum atomic E-state index is -0.937. The maximum Gasteiger partial charge on any atom is 0.246 e. The van der Waals surface area contributed by atoms with Gasteiger partial charge in [0.2, 0.25) is 17.7 Å². The van der Waals surface area contributed by atoms with Crippen LogP contribution >= 0.6 is 11.3 Å². The van der Waals surface area contributed by atoms with Gasteiger partial charge in [0.25, 0.3) is 0 Å². The van der Waals surface area contributed by atoms with E-state index in [4.69, 9.17) is 9.47 Å². The van der Waals surface area contributed by atoms with E-state index in [0.29, 0.717) is 25.5 Å². The smallest absolute Gasteiger partial charge is 0.246 e. The number of nitrogens with one attached hydrogen (secondary N) is 2. The van der Waals surface area contributed by atoms with Crippen molar-refractivity contribution in [3.63, 3.8) is 0 Å². The number of aromatic hydroxyl groups is 1. The quantitative estimate of drug-likeness (QED) is 0.0769. The summed E-state index contributed by atoms with van der Waals surface area (Å²) in [5.41, 5.74) is 8.81. The lowest BCUT2D eigenvalue weighted by atomic mass is 9.85. The molecular weight excluding hydrogens is 891 g/mol. The predicted octanol–water partition coefficient (Wildman–Crippen LogP) is 6.36. The number of likely N-dealkylation sites (tertiary alicyclic amines) is 1. The number of aromatic nitrogens is 1. The highest BCUT2D eigenvalue weighted by Gasteiger charge is 2.45. The monoisotopic (exact) mass is 957 g/mol. The third-order valence-electron chi connectivity index (χ3n) is 13.6. The molecule has 366 valence electrons. The summed E-state index contributed by atoms with van der Waals surface area (Å²) in [4.78, 5) is 55.1. The molecular formula is C54H67N7O7S. The van der Waals surface area contributed by atoms with Crippen molar-refractivity contribution in [1.29, 1.82) is 0 Å². The standard InChI is InChI=1S/C54H67N7O7S/c1-36(38-11-13-40(14-12-38)50-37(2)55-35-69-50)56-52(65)47-32-44(63)33-61(47)53(66)51(54(3,4)5)57-48(64)34-67-29-27-58-23-25-59(26-24-58)28-30-68-45-18-15-39(16-19-45)49-46-20-17-43(62)31-41(46)21-22-60(49)42-9-7-6-8-10-42/h6-20,31,35-36,44,47,49,51,62-63H,21-30,32-34H2,1-5H3,(H,56,65)(H,57,64)/t36-,44?,47?,49?,51+/m0/s1. The third kappa shape index (κ3) is 12.3. The number of fused-ring (bicyclic) bond motifs is 1. The zero-order chi connectivity index (χ0) is 48.7. The number of benzene rings is 4. The Morgan fingerprint density at radius 3 is 2.23 bits per heavy atom. The summed E-state index contributed by atoms with van der Waals surface area (Å²) in [5.74, 6) is -0.0472. The largest absolute Gasteiger partial charge is 0.508 e. The summed E-state index contributed by atoms with van der Waals surface area (Å²) in [6.45, 7) is 16.1. The number of hydrogen-bond donors (Lipinski definition) is 4. The summed E-state index contributed by atoms with van der Waals surface area (Å²) in [6, 6.07) is 30.5. The van der Waals surface area contributed by atoms with Crippen LogP contribution in [0, 0.1) is 12.3 Å². The Labute approximate surface area is 410 Å². The highest BCUT2D eigenvalue weighted by Crippen LogP contribution is 2.40. The number of carbonyl (C=O) groups is 3. The summed E-state index contributed by atoms with van der Waals surface area (Å²) < 4.78 is 12.0. The van der Waals surface area contributed by atoms with Crippen LogP contribution in [-0.2, 0) is 25.5 Å². The van der Waals surface area contributed by atoms with Crippen molar-refractivity contribution >= 4 is 34.7 Å². The average molecular weight is 958 g/mol. The first kappa shape index (κ1) is 49.6. The van der Waals surface area contributed by atoms with Crippen molar-refractivity contribution in [3.05, 3.63) is 131 Å². The van der Waals surface area contributed by atoms with Crippen LogP contribution in [0.25, 0.3) is 10.4 Å². The van der Waals surface area contributed by atoms with E-state index in [1.807, 2.05) is 82.6 Å². The second-order valence-electron chi connectivity index (χ2n) is 19.6. The number of phenolic OH excluding ortho intramolecular Hbond substituents is 1. The fourth-order valence-corrected chi connectivity index (χ4v) is 10.5. The molecule has 3 amide bonds. The van der Waals surface area contributed by atoms with Crippen LogP contribution in [0.5, 0.6) is 11.5 Å². The van der Waals surface area contributed by atoms with Gasteiger partial charge in [-0.1, -0.05) is 81.4 Å². The van der Waals surface area contributed by atoms with Gasteiger partial charge >= 0.3 is 0 Å². The normalized spacial score (nSPS) is 19.7. The maximum atomic E-state index is 14.1. The molecule has 3 unspecified atom stereocenters. The van der Waals surface area contributed by atoms with Crippen LogP contribution in [0.3, 0.4) is 0 Å². The molecule has 14 nitrogen and oxygen atoms in total. The van der Waals surface area contributed by atoms with Gasteiger partial charge < -0.3 is 40.1 Å². The van der Waals surface area contributed by atoms with E-state index in [9.17, 15) is 24.6 Å². The lowest BCUT2D eigenvalue weighted by molar-refractivity contribution is -0.144. The number of phenols is 1. The molecule has 4 N–H and O–H groups in total. The van der Waals surface area contributed by atoms with Crippen molar-refractivity contribution in [2.75, 3.05) is 77.1 Å². The number of aryl methyl sites for hydroxylation is 1. The van der Waals surface area contributed by atoms with Gasteiger partial charge in [-0.2, -0.15) is 0 Å². The Bertz CT molecular complexity index is 2510. The molecule has 5 atom stereocenters. The molecule has 8 rings (SSSR count). The summed E-state index contributed by atoms with van der Waals surface area (Å²) in [5, 5.41) is 26.8. The Hall–Kier alpha value is -5.84. The van der Waals surface area contributed by atoms with Gasteiger partial charge in [-0.25, -0.2) is 4.98 Å². The summed E-state index contributed by atoms with van der Waals surface area (Å²) >= 11 is 1.58. The van der Waals surface area contributed by atoms with E-state index in [1.54, 1.807) is 17.4 Å². The van der Waals surface area contributed by atoms with Crippen LogP contribution in [0.1, 0.15) is 74.1 Å². The van der Waals surface area contributed by atoms with E-state index in [0.717, 1.165) is 73.1 Å². The number of nitrogens with zero attached hydrogens (tertiary/aromatic N) is 5. The van der Waals surface area contributed by atoms with Gasteiger partial charge in [-0.15, -0.1) is 11.3 Å². The van der Waals surface area contributed by atoms with Gasteiger partial charge in [0.15, 0.2) is 0 Å². The minimum Gasteiger partial charge on any atom is -0.508 e. The molecule has 4 heterocycles. The lowest BCUT2D eigenvalue weighted by Gasteiger charge is -2.39. The second-order valence-corrected chi connectivity index (χ2v) is 20.5. The Kier molecular flexibility index (Phi) is 16.0. The van der Waals surface area contributed by atoms with Crippen LogP contribution in [0.4, 0.5) is 5.69 Å².